The number of rotatable bonds is 3. The van der Waals surface area contributed by atoms with Crippen LogP contribution in [0.3, 0.4) is 0 Å². The second kappa shape index (κ2) is 4.81. The van der Waals surface area contributed by atoms with Gasteiger partial charge in [-0.05, 0) is 47.5 Å². The van der Waals surface area contributed by atoms with Gasteiger partial charge in [-0.3, -0.25) is 0 Å². The van der Waals surface area contributed by atoms with Gasteiger partial charge in [0, 0.05) is 0 Å². The zero-order valence-corrected chi connectivity index (χ0v) is 9.06. The topological polar surface area (TPSA) is 46.2 Å². The van der Waals surface area contributed by atoms with Gasteiger partial charge in [0.2, 0.25) is 0 Å². The van der Waals surface area contributed by atoms with Crippen LogP contribution >= 0.6 is 0 Å². The van der Waals surface area contributed by atoms with E-state index in [1.54, 1.807) is 12.1 Å². The zero-order chi connectivity index (χ0) is 11.4. The lowest BCUT2D eigenvalue weighted by Gasteiger charge is -2.00. The molecule has 0 fully saturated rings. The average molecular weight is 213 g/mol. The van der Waals surface area contributed by atoms with Gasteiger partial charge in [0.25, 0.3) is 0 Å². The van der Waals surface area contributed by atoms with Gasteiger partial charge in [-0.2, -0.15) is 0 Å². The Morgan fingerprint density at radius 2 is 1.81 bits per heavy atom. The average Bonchev–Trinajstić information content (AvgIpc) is 2.29. The molecule has 3 N–H and O–H groups in total. The molecule has 0 bridgehead atoms. The molecular formula is C14H15NO. The van der Waals surface area contributed by atoms with Crippen LogP contribution in [0.2, 0.25) is 0 Å². The van der Waals surface area contributed by atoms with Crippen molar-refractivity contribution in [1.29, 1.82) is 0 Å². The first-order chi connectivity index (χ1) is 7.79. The lowest BCUT2D eigenvalue weighted by molar-refractivity contribution is 0.476. The van der Waals surface area contributed by atoms with Gasteiger partial charge in [0.15, 0.2) is 0 Å². The minimum absolute atomic E-state index is 0.305. The fourth-order valence-electron chi connectivity index (χ4n) is 1.67. The molecule has 2 aromatic carbocycles. The molecule has 0 heterocycles. The van der Waals surface area contributed by atoms with Gasteiger partial charge >= 0.3 is 0 Å². The van der Waals surface area contributed by atoms with E-state index in [1.165, 1.54) is 0 Å². The van der Waals surface area contributed by atoms with Crippen molar-refractivity contribution in [3.63, 3.8) is 0 Å². The zero-order valence-electron chi connectivity index (χ0n) is 9.06. The Hall–Kier alpha value is -1.80. The maximum atomic E-state index is 9.35. The molecule has 0 saturated carbocycles. The van der Waals surface area contributed by atoms with Crippen molar-refractivity contribution in [3.8, 4) is 5.75 Å². The summed E-state index contributed by atoms with van der Waals surface area (Å²) in [5, 5.41) is 11.5. The van der Waals surface area contributed by atoms with Crippen LogP contribution in [-0.2, 0) is 0 Å². The summed E-state index contributed by atoms with van der Waals surface area (Å²) in [6.45, 7) is 0.679. The highest BCUT2D eigenvalue weighted by Gasteiger charge is 1.95. The van der Waals surface area contributed by atoms with Gasteiger partial charge in [-0.1, -0.05) is 30.4 Å². The molecule has 2 nitrogen and oxygen atoms in total. The predicted octanol–water partition coefficient (Wildman–Crippen LogP) is 2.91. The number of aromatic hydroxyl groups is 1. The normalized spacial score (nSPS) is 11.3. The van der Waals surface area contributed by atoms with Gasteiger partial charge in [0.05, 0.1) is 0 Å². The summed E-state index contributed by atoms with van der Waals surface area (Å²) in [6.07, 6.45) is 5.04. The fourth-order valence-corrected chi connectivity index (χ4v) is 1.67. The molecule has 82 valence electrons. The van der Waals surface area contributed by atoms with Gasteiger partial charge in [-0.15, -0.1) is 0 Å². The summed E-state index contributed by atoms with van der Waals surface area (Å²) in [5.41, 5.74) is 6.58. The Labute approximate surface area is 95.0 Å². The number of phenolic OH excluding ortho intramolecular Hbond substituents is 1. The predicted molar refractivity (Wildman–Crippen MR) is 68.3 cm³/mol. The van der Waals surface area contributed by atoms with E-state index in [2.05, 4.69) is 18.2 Å². The highest BCUT2D eigenvalue weighted by molar-refractivity contribution is 5.85. The van der Waals surface area contributed by atoms with E-state index < -0.39 is 0 Å². The molecule has 0 saturated heterocycles. The highest BCUT2D eigenvalue weighted by atomic mass is 16.3. The Morgan fingerprint density at radius 3 is 2.62 bits per heavy atom. The molecular weight excluding hydrogens is 198 g/mol. The summed E-state index contributed by atoms with van der Waals surface area (Å²) in [7, 11) is 0. The molecule has 0 radical (unpaired) electrons. The van der Waals surface area contributed by atoms with Crippen LogP contribution in [0.4, 0.5) is 0 Å². The van der Waals surface area contributed by atoms with E-state index in [-0.39, 0.29) is 0 Å². The van der Waals surface area contributed by atoms with Crippen LogP contribution < -0.4 is 5.73 Å². The van der Waals surface area contributed by atoms with E-state index in [9.17, 15) is 5.11 Å². The van der Waals surface area contributed by atoms with E-state index >= 15 is 0 Å². The van der Waals surface area contributed by atoms with Crippen molar-refractivity contribution in [2.75, 3.05) is 6.54 Å². The molecule has 2 aromatic rings. The molecule has 0 spiro atoms. The first-order valence-corrected chi connectivity index (χ1v) is 5.39. The first kappa shape index (κ1) is 10.7. The summed E-state index contributed by atoms with van der Waals surface area (Å²) >= 11 is 0. The van der Waals surface area contributed by atoms with Crippen LogP contribution in [0.5, 0.6) is 5.75 Å². The molecule has 0 aliphatic heterocycles. The highest BCUT2D eigenvalue weighted by Crippen LogP contribution is 2.21. The molecule has 0 aromatic heterocycles. The number of phenols is 1. The molecule has 0 aliphatic carbocycles. The second-order valence-electron chi connectivity index (χ2n) is 3.77. The standard InChI is InChI=1S/C14H15NO/c15-8-2-1-3-11-4-5-13-10-14(16)7-6-12(13)9-11/h1,3-7,9-10,16H,2,8,15H2. The maximum absolute atomic E-state index is 9.35. The van der Waals surface area contributed by atoms with Crippen molar-refractivity contribution in [1.82, 2.24) is 0 Å². The molecule has 0 aliphatic rings. The number of benzene rings is 2. The Bertz CT molecular complexity index is 517. The smallest absolute Gasteiger partial charge is 0.116 e. The van der Waals surface area contributed by atoms with E-state index in [1.807, 2.05) is 18.2 Å². The number of fused-ring (bicyclic) bond motifs is 1. The minimum Gasteiger partial charge on any atom is -0.508 e. The molecule has 0 unspecified atom stereocenters. The van der Waals surface area contributed by atoms with Crippen LogP contribution in [0.15, 0.2) is 42.5 Å². The number of hydrogen-bond donors (Lipinski definition) is 2. The second-order valence-corrected chi connectivity index (χ2v) is 3.77. The van der Waals surface area contributed by atoms with Crippen LogP contribution in [0.1, 0.15) is 12.0 Å². The third kappa shape index (κ3) is 2.41. The van der Waals surface area contributed by atoms with E-state index in [0.717, 1.165) is 22.8 Å². The lowest BCUT2D eigenvalue weighted by Crippen LogP contribution is -1.94. The monoisotopic (exact) mass is 213 g/mol. The summed E-state index contributed by atoms with van der Waals surface area (Å²) in [4.78, 5) is 0. The molecule has 0 amide bonds. The fraction of sp³-hybridized carbons (Fsp3) is 0.143. The Kier molecular flexibility index (Phi) is 3.22. The van der Waals surface area contributed by atoms with E-state index in [0.29, 0.717) is 12.3 Å². The van der Waals surface area contributed by atoms with Crippen molar-refractivity contribution in [2.24, 2.45) is 5.73 Å². The molecule has 2 rings (SSSR count). The molecule has 16 heavy (non-hydrogen) atoms. The van der Waals surface area contributed by atoms with Crippen molar-refractivity contribution in [3.05, 3.63) is 48.0 Å². The maximum Gasteiger partial charge on any atom is 0.116 e. The van der Waals surface area contributed by atoms with Gasteiger partial charge < -0.3 is 10.8 Å². The first-order valence-electron chi connectivity index (χ1n) is 5.39. The van der Waals surface area contributed by atoms with Crippen LogP contribution in [0.25, 0.3) is 16.8 Å². The van der Waals surface area contributed by atoms with Crippen LogP contribution in [-0.4, -0.2) is 11.7 Å². The van der Waals surface area contributed by atoms with Crippen molar-refractivity contribution in [2.45, 2.75) is 6.42 Å². The third-order valence-corrected chi connectivity index (χ3v) is 2.49. The van der Waals surface area contributed by atoms with Gasteiger partial charge in [-0.25, -0.2) is 0 Å². The minimum atomic E-state index is 0.305. The van der Waals surface area contributed by atoms with Crippen molar-refractivity contribution < 1.29 is 5.11 Å². The largest absolute Gasteiger partial charge is 0.508 e. The summed E-state index contributed by atoms with van der Waals surface area (Å²) < 4.78 is 0. The Morgan fingerprint density at radius 1 is 1.06 bits per heavy atom. The summed E-state index contributed by atoms with van der Waals surface area (Å²) in [6, 6.07) is 11.5. The van der Waals surface area contributed by atoms with Gasteiger partial charge in [0.1, 0.15) is 5.75 Å². The summed E-state index contributed by atoms with van der Waals surface area (Å²) in [5.74, 6) is 0.305. The molecule has 0 atom stereocenters. The quantitative estimate of drug-likeness (QED) is 0.823. The number of hydrogen-bond acceptors (Lipinski definition) is 2. The van der Waals surface area contributed by atoms with Crippen LogP contribution in [0, 0.1) is 0 Å². The number of nitrogens with two attached hydrogens (primary N) is 1. The SMILES string of the molecule is NCCC=Cc1ccc2cc(O)ccc2c1. The van der Waals surface area contributed by atoms with E-state index in [4.69, 9.17) is 5.73 Å². The Balaban J connectivity index is 2.33. The van der Waals surface area contributed by atoms with Crippen molar-refractivity contribution >= 4 is 16.8 Å². The molecule has 2 heteroatoms. The third-order valence-electron chi connectivity index (χ3n) is 2.49. The lowest BCUT2D eigenvalue weighted by atomic mass is 10.1.